The molecule has 0 aromatic heterocycles. The monoisotopic (exact) mass is 229 g/mol. The van der Waals surface area contributed by atoms with E-state index in [-0.39, 0.29) is 24.3 Å². The van der Waals surface area contributed by atoms with Gasteiger partial charge in [-0.25, -0.2) is 8.78 Å². The quantitative estimate of drug-likeness (QED) is 0.813. The van der Waals surface area contributed by atoms with Crippen LogP contribution < -0.4 is 5.32 Å². The van der Waals surface area contributed by atoms with Crippen molar-refractivity contribution in [3.05, 3.63) is 35.4 Å². The number of nitrogens with one attached hydrogen (secondary N) is 1. The molecule has 0 spiro atoms. The van der Waals surface area contributed by atoms with Gasteiger partial charge in [-0.15, -0.1) is 0 Å². The summed E-state index contributed by atoms with van der Waals surface area (Å²) >= 11 is 0. The second-order valence-electron chi connectivity index (χ2n) is 4.03. The van der Waals surface area contributed by atoms with E-state index in [4.69, 9.17) is 0 Å². The number of alkyl halides is 2. The Kier molecular flexibility index (Phi) is 4.83. The molecule has 0 radical (unpaired) electrons. The number of rotatable bonds is 5. The van der Waals surface area contributed by atoms with Gasteiger partial charge in [0.15, 0.2) is 0 Å². The number of benzene rings is 1. The fourth-order valence-electron chi connectivity index (χ4n) is 1.57. The normalized spacial score (nSPS) is 13.4. The van der Waals surface area contributed by atoms with E-state index in [9.17, 15) is 13.9 Å². The van der Waals surface area contributed by atoms with Crippen molar-refractivity contribution in [2.45, 2.75) is 32.4 Å². The number of hydrogen-bond donors (Lipinski definition) is 2. The van der Waals surface area contributed by atoms with Gasteiger partial charge < -0.3 is 10.4 Å². The Hall–Kier alpha value is -1.00. The van der Waals surface area contributed by atoms with Crippen molar-refractivity contribution in [1.82, 2.24) is 5.32 Å². The molecule has 0 saturated carbocycles. The van der Waals surface area contributed by atoms with Gasteiger partial charge in [0.05, 0.1) is 12.6 Å². The molecule has 0 heterocycles. The first kappa shape index (κ1) is 13.1. The average molecular weight is 229 g/mol. The molecule has 1 aromatic rings. The first-order valence-corrected chi connectivity index (χ1v) is 5.29. The Labute approximate surface area is 94.3 Å². The van der Waals surface area contributed by atoms with E-state index in [2.05, 4.69) is 5.32 Å². The Bertz CT molecular complexity index is 329. The minimum Gasteiger partial charge on any atom is -0.394 e. The summed E-state index contributed by atoms with van der Waals surface area (Å²) in [6, 6.07) is 6.04. The van der Waals surface area contributed by atoms with E-state index in [0.29, 0.717) is 5.56 Å². The number of aliphatic hydroxyl groups is 1. The maximum absolute atomic E-state index is 12.5. The molecule has 0 aliphatic heterocycles. The number of hydrogen-bond acceptors (Lipinski definition) is 2. The molecule has 0 aliphatic rings. The second kappa shape index (κ2) is 5.92. The molecule has 0 bridgehead atoms. The third kappa shape index (κ3) is 3.54. The van der Waals surface area contributed by atoms with E-state index in [1.54, 1.807) is 12.1 Å². The molecular weight excluding hydrogens is 212 g/mol. The summed E-state index contributed by atoms with van der Waals surface area (Å²) in [6.45, 7) is 3.78. The fraction of sp³-hybridized carbons (Fsp3) is 0.500. The van der Waals surface area contributed by atoms with Gasteiger partial charge in [-0.2, -0.15) is 0 Å². The van der Waals surface area contributed by atoms with Gasteiger partial charge in [-0.1, -0.05) is 32.0 Å². The van der Waals surface area contributed by atoms with Gasteiger partial charge in [0.1, 0.15) is 0 Å². The number of halogens is 2. The van der Waals surface area contributed by atoms with Crippen LogP contribution in [-0.4, -0.2) is 17.8 Å². The lowest BCUT2D eigenvalue weighted by molar-refractivity contribution is 0.151. The van der Waals surface area contributed by atoms with E-state index in [1.165, 1.54) is 12.1 Å². The maximum atomic E-state index is 12.5. The van der Waals surface area contributed by atoms with Crippen LogP contribution in [0.15, 0.2) is 24.3 Å². The van der Waals surface area contributed by atoms with Crippen molar-refractivity contribution in [3.63, 3.8) is 0 Å². The van der Waals surface area contributed by atoms with Gasteiger partial charge in [-0.3, -0.25) is 0 Å². The highest BCUT2D eigenvalue weighted by Gasteiger charge is 2.14. The molecule has 0 fully saturated rings. The summed E-state index contributed by atoms with van der Waals surface area (Å²) < 4.78 is 25.0. The highest BCUT2D eigenvalue weighted by atomic mass is 19.3. The van der Waals surface area contributed by atoms with E-state index >= 15 is 0 Å². The molecule has 4 heteroatoms. The zero-order valence-electron chi connectivity index (χ0n) is 9.45. The average Bonchev–Trinajstić information content (AvgIpc) is 2.25. The molecule has 1 unspecified atom stereocenters. The van der Waals surface area contributed by atoms with Crippen molar-refractivity contribution in [1.29, 1.82) is 0 Å². The Morgan fingerprint density at radius 1 is 1.25 bits per heavy atom. The third-order valence-corrected chi connectivity index (χ3v) is 2.28. The molecule has 0 amide bonds. The van der Waals surface area contributed by atoms with Gasteiger partial charge in [0.2, 0.25) is 0 Å². The van der Waals surface area contributed by atoms with Crippen molar-refractivity contribution >= 4 is 0 Å². The lowest BCUT2D eigenvalue weighted by Crippen LogP contribution is -2.30. The van der Waals surface area contributed by atoms with Crippen LogP contribution in [0.25, 0.3) is 0 Å². The predicted molar refractivity (Wildman–Crippen MR) is 59.5 cm³/mol. The largest absolute Gasteiger partial charge is 0.394 e. The van der Waals surface area contributed by atoms with Crippen LogP contribution >= 0.6 is 0 Å². The molecule has 1 rings (SSSR count). The van der Waals surface area contributed by atoms with Crippen molar-refractivity contribution in [2.75, 3.05) is 6.61 Å². The van der Waals surface area contributed by atoms with Crippen LogP contribution in [0.3, 0.4) is 0 Å². The first-order chi connectivity index (χ1) is 7.54. The molecule has 90 valence electrons. The summed E-state index contributed by atoms with van der Waals surface area (Å²) in [4.78, 5) is 0. The minimum atomic E-state index is -2.47. The molecule has 2 nitrogen and oxygen atoms in total. The van der Waals surface area contributed by atoms with E-state index in [0.717, 1.165) is 0 Å². The van der Waals surface area contributed by atoms with Crippen LogP contribution in [0.1, 0.15) is 37.4 Å². The SMILES string of the molecule is CC(C)NC(CO)c1cccc(C(F)F)c1. The molecule has 0 saturated heterocycles. The van der Waals surface area contributed by atoms with Crippen LogP contribution in [-0.2, 0) is 0 Å². The molecule has 1 aromatic carbocycles. The van der Waals surface area contributed by atoms with Crippen LogP contribution in [0, 0.1) is 0 Å². The molecule has 0 aliphatic carbocycles. The van der Waals surface area contributed by atoms with E-state index in [1.807, 2.05) is 13.8 Å². The Morgan fingerprint density at radius 2 is 1.88 bits per heavy atom. The Morgan fingerprint density at radius 3 is 2.38 bits per heavy atom. The molecule has 2 N–H and O–H groups in total. The van der Waals surface area contributed by atoms with Crippen molar-refractivity contribution in [2.24, 2.45) is 0 Å². The van der Waals surface area contributed by atoms with Gasteiger partial charge >= 0.3 is 0 Å². The van der Waals surface area contributed by atoms with Crippen molar-refractivity contribution in [3.8, 4) is 0 Å². The third-order valence-electron chi connectivity index (χ3n) is 2.28. The van der Waals surface area contributed by atoms with Crippen LogP contribution in [0.5, 0.6) is 0 Å². The summed E-state index contributed by atoms with van der Waals surface area (Å²) in [5, 5.41) is 12.3. The summed E-state index contributed by atoms with van der Waals surface area (Å²) in [5.41, 5.74) is 0.676. The lowest BCUT2D eigenvalue weighted by atomic mass is 10.0. The summed E-state index contributed by atoms with van der Waals surface area (Å²) in [5.74, 6) is 0. The molecule has 1 atom stereocenters. The van der Waals surface area contributed by atoms with Crippen LogP contribution in [0.4, 0.5) is 8.78 Å². The fourth-order valence-corrected chi connectivity index (χ4v) is 1.57. The van der Waals surface area contributed by atoms with Gasteiger partial charge in [-0.05, 0) is 11.6 Å². The summed E-state index contributed by atoms with van der Waals surface area (Å²) in [7, 11) is 0. The second-order valence-corrected chi connectivity index (χ2v) is 4.03. The Balaban J connectivity index is 2.87. The zero-order chi connectivity index (χ0) is 12.1. The van der Waals surface area contributed by atoms with Gasteiger partial charge in [0.25, 0.3) is 6.43 Å². The van der Waals surface area contributed by atoms with Crippen LogP contribution in [0.2, 0.25) is 0 Å². The topological polar surface area (TPSA) is 32.3 Å². The number of aliphatic hydroxyl groups excluding tert-OH is 1. The minimum absolute atomic E-state index is 0.0125. The smallest absolute Gasteiger partial charge is 0.263 e. The maximum Gasteiger partial charge on any atom is 0.263 e. The highest BCUT2D eigenvalue weighted by Crippen LogP contribution is 2.22. The van der Waals surface area contributed by atoms with Gasteiger partial charge in [0, 0.05) is 11.6 Å². The first-order valence-electron chi connectivity index (χ1n) is 5.29. The zero-order valence-corrected chi connectivity index (χ0v) is 9.45. The molecule has 16 heavy (non-hydrogen) atoms. The summed E-state index contributed by atoms with van der Waals surface area (Å²) in [6.07, 6.45) is -2.47. The standard InChI is InChI=1S/C12H17F2NO/c1-8(2)15-11(7-16)9-4-3-5-10(6-9)12(13)14/h3-6,8,11-12,15-16H,7H2,1-2H3. The predicted octanol–water partition coefficient (Wildman–Crippen LogP) is 2.66. The highest BCUT2D eigenvalue weighted by molar-refractivity contribution is 5.27. The van der Waals surface area contributed by atoms with E-state index < -0.39 is 6.43 Å². The van der Waals surface area contributed by atoms with Crippen molar-refractivity contribution < 1.29 is 13.9 Å². The lowest BCUT2D eigenvalue weighted by Gasteiger charge is -2.20. The molecular formula is C12H17F2NO.